The van der Waals surface area contributed by atoms with Crippen LogP contribution >= 0.6 is 0 Å². The Morgan fingerprint density at radius 3 is 2.57 bits per heavy atom. The predicted octanol–water partition coefficient (Wildman–Crippen LogP) is 4.10. The third-order valence-electron chi connectivity index (χ3n) is 4.43. The molecule has 2 N–H and O–H groups in total. The minimum absolute atomic E-state index is 0.158. The van der Waals surface area contributed by atoms with Crippen LogP contribution in [0.1, 0.15) is 15.9 Å². The number of benzene rings is 2. The number of hydrogen-bond donors (Lipinski definition) is 2. The summed E-state index contributed by atoms with van der Waals surface area (Å²) in [6.45, 7) is 2.04. The van der Waals surface area contributed by atoms with Crippen molar-refractivity contribution in [3.63, 3.8) is 0 Å². The van der Waals surface area contributed by atoms with Crippen molar-refractivity contribution in [2.45, 2.75) is 6.92 Å². The molecule has 0 aliphatic heterocycles. The second kappa shape index (κ2) is 7.44. The first-order valence-electron chi connectivity index (χ1n) is 8.90. The number of carbonyl (C=O) groups is 1. The van der Waals surface area contributed by atoms with Crippen LogP contribution in [0.2, 0.25) is 0 Å². The van der Waals surface area contributed by atoms with Crippen molar-refractivity contribution in [3.05, 3.63) is 78.2 Å². The first kappa shape index (κ1) is 17.6. The molecule has 4 aromatic rings. The van der Waals surface area contributed by atoms with E-state index in [1.165, 1.54) is 0 Å². The highest BCUT2D eigenvalue weighted by Crippen LogP contribution is 2.26. The fourth-order valence-corrected chi connectivity index (χ4v) is 3.03. The van der Waals surface area contributed by atoms with E-state index in [1.54, 1.807) is 31.7 Å². The summed E-state index contributed by atoms with van der Waals surface area (Å²) in [5, 5.41) is 6.88. The number of nitrogens with one attached hydrogen (secondary N) is 2. The van der Waals surface area contributed by atoms with E-state index in [0.29, 0.717) is 11.5 Å². The van der Waals surface area contributed by atoms with Crippen molar-refractivity contribution in [2.75, 3.05) is 12.4 Å². The number of anilines is 2. The second-order valence-corrected chi connectivity index (χ2v) is 6.49. The Morgan fingerprint density at radius 1 is 0.964 bits per heavy atom. The Kier molecular flexibility index (Phi) is 4.68. The second-order valence-electron chi connectivity index (χ2n) is 6.49. The molecule has 0 aliphatic carbocycles. The van der Waals surface area contributed by atoms with Crippen molar-refractivity contribution in [1.82, 2.24) is 20.3 Å². The lowest BCUT2D eigenvalue weighted by Crippen LogP contribution is -2.18. The van der Waals surface area contributed by atoms with Crippen LogP contribution in [0.4, 0.5) is 11.6 Å². The number of amides is 1. The lowest BCUT2D eigenvalue weighted by molar-refractivity contribution is 0.0963. The van der Waals surface area contributed by atoms with E-state index in [-0.39, 0.29) is 5.91 Å². The molecule has 28 heavy (non-hydrogen) atoms. The highest BCUT2D eigenvalue weighted by atomic mass is 16.1. The molecule has 0 saturated heterocycles. The zero-order valence-electron chi connectivity index (χ0n) is 15.6. The number of hydrogen-bond acceptors (Lipinski definition) is 5. The number of pyridine rings is 1. The van der Waals surface area contributed by atoms with E-state index >= 15 is 0 Å². The van der Waals surface area contributed by atoms with E-state index in [1.807, 2.05) is 49.4 Å². The molecule has 1 amide bonds. The van der Waals surface area contributed by atoms with Crippen molar-refractivity contribution in [2.24, 2.45) is 0 Å². The van der Waals surface area contributed by atoms with Crippen LogP contribution in [0.3, 0.4) is 0 Å². The minimum Gasteiger partial charge on any atom is -0.355 e. The van der Waals surface area contributed by atoms with Crippen LogP contribution in [0.5, 0.6) is 0 Å². The van der Waals surface area contributed by atoms with Crippen LogP contribution in [-0.2, 0) is 0 Å². The lowest BCUT2D eigenvalue weighted by Gasteiger charge is -2.11. The molecule has 0 bridgehead atoms. The summed E-state index contributed by atoms with van der Waals surface area (Å²) in [6, 6.07) is 15.4. The number of nitrogens with zero attached hydrogens (tertiary/aromatic N) is 3. The average molecular weight is 369 g/mol. The van der Waals surface area contributed by atoms with Gasteiger partial charge in [0.1, 0.15) is 0 Å². The van der Waals surface area contributed by atoms with Gasteiger partial charge in [0.25, 0.3) is 5.91 Å². The van der Waals surface area contributed by atoms with E-state index in [9.17, 15) is 4.79 Å². The Hall–Kier alpha value is -3.80. The molecule has 2 heterocycles. The van der Waals surface area contributed by atoms with E-state index in [4.69, 9.17) is 0 Å². The summed E-state index contributed by atoms with van der Waals surface area (Å²) in [5.74, 6) is 0.319. The maximum absolute atomic E-state index is 12.2. The number of aryl methyl sites for hydroxylation is 1. The lowest BCUT2D eigenvalue weighted by atomic mass is 10.0. The van der Waals surface area contributed by atoms with Crippen LogP contribution in [0.25, 0.3) is 22.0 Å². The standard InChI is InChI=1S/C22H19N5O/c1-14-3-4-20-18(9-14)13-25-22(27-20)26-19-11-16(15-5-7-24-8-6-15)10-17(12-19)21(28)23-2/h3-13H,1-2H3,(H,23,28)(H,25,26,27). The summed E-state index contributed by atoms with van der Waals surface area (Å²) in [6.07, 6.45) is 5.25. The monoisotopic (exact) mass is 369 g/mol. The fraction of sp³-hybridized carbons (Fsp3) is 0.0909. The molecule has 0 unspecified atom stereocenters. The molecule has 0 fully saturated rings. The molecular formula is C22H19N5O. The van der Waals surface area contributed by atoms with Gasteiger partial charge < -0.3 is 10.6 Å². The van der Waals surface area contributed by atoms with Gasteiger partial charge in [0, 0.05) is 42.3 Å². The maximum Gasteiger partial charge on any atom is 0.251 e. The van der Waals surface area contributed by atoms with Gasteiger partial charge in [0.2, 0.25) is 5.95 Å². The molecule has 0 spiro atoms. The molecule has 4 rings (SSSR count). The highest BCUT2D eigenvalue weighted by molar-refractivity contribution is 5.96. The quantitative estimate of drug-likeness (QED) is 0.566. The Morgan fingerprint density at radius 2 is 1.79 bits per heavy atom. The van der Waals surface area contributed by atoms with Gasteiger partial charge in [0.15, 0.2) is 0 Å². The number of aromatic nitrogens is 3. The summed E-state index contributed by atoms with van der Waals surface area (Å²) >= 11 is 0. The van der Waals surface area contributed by atoms with Crippen molar-refractivity contribution >= 4 is 28.4 Å². The maximum atomic E-state index is 12.2. The zero-order chi connectivity index (χ0) is 19.5. The molecule has 138 valence electrons. The van der Waals surface area contributed by atoms with Gasteiger partial charge in [-0.15, -0.1) is 0 Å². The van der Waals surface area contributed by atoms with E-state index in [0.717, 1.165) is 33.3 Å². The molecule has 0 saturated carbocycles. The van der Waals surface area contributed by atoms with Gasteiger partial charge in [0.05, 0.1) is 5.52 Å². The van der Waals surface area contributed by atoms with Crippen molar-refractivity contribution in [1.29, 1.82) is 0 Å². The van der Waals surface area contributed by atoms with Gasteiger partial charge in [-0.1, -0.05) is 11.6 Å². The largest absolute Gasteiger partial charge is 0.355 e. The van der Waals surface area contributed by atoms with Gasteiger partial charge >= 0.3 is 0 Å². The normalized spacial score (nSPS) is 10.6. The molecular weight excluding hydrogens is 350 g/mol. The fourth-order valence-electron chi connectivity index (χ4n) is 3.03. The van der Waals surface area contributed by atoms with Gasteiger partial charge in [-0.05, 0) is 60.5 Å². The first-order valence-corrected chi connectivity index (χ1v) is 8.90. The Labute approximate surface area is 162 Å². The van der Waals surface area contributed by atoms with Crippen LogP contribution < -0.4 is 10.6 Å². The summed E-state index contributed by atoms with van der Waals surface area (Å²) < 4.78 is 0. The smallest absolute Gasteiger partial charge is 0.251 e. The van der Waals surface area contributed by atoms with Gasteiger partial charge in [-0.2, -0.15) is 0 Å². The van der Waals surface area contributed by atoms with Crippen molar-refractivity contribution in [3.8, 4) is 11.1 Å². The molecule has 2 aromatic heterocycles. The summed E-state index contributed by atoms with van der Waals surface area (Å²) in [7, 11) is 1.61. The first-order chi connectivity index (χ1) is 13.6. The van der Waals surface area contributed by atoms with E-state index in [2.05, 4.69) is 25.6 Å². The van der Waals surface area contributed by atoms with Crippen LogP contribution in [0.15, 0.2) is 67.1 Å². The molecule has 6 heteroatoms. The van der Waals surface area contributed by atoms with Gasteiger partial charge in [-0.3, -0.25) is 9.78 Å². The predicted molar refractivity (Wildman–Crippen MR) is 111 cm³/mol. The molecule has 0 atom stereocenters. The average Bonchev–Trinajstić information content (AvgIpc) is 2.73. The zero-order valence-corrected chi connectivity index (χ0v) is 15.6. The minimum atomic E-state index is -0.158. The summed E-state index contributed by atoms with van der Waals surface area (Å²) in [4.78, 5) is 25.3. The van der Waals surface area contributed by atoms with E-state index < -0.39 is 0 Å². The summed E-state index contributed by atoms with van der Waals surface area (Å²) in [5.41, 5.74) is 5.19. The number of rotatable bonds is 4. The SMILES string of the molecule is CNC(=O)c1cc(Nc2ncc3cc(C)ccc3n2)cc(-c2ccncc2)c1. The number of fused-ring (bicyclic) bond motifs is 1. The molecule has 2 aromatic carbocycles. The highest BCUT2D eigenvalue weighted by Gasteiger charge is 2.10. The third kappa shape index (κ3) is 3.66. The molecule has 0 aliphatic rings. The Bertz CT molecular complexity index is 1160. The van der Waals surface area contributed by atoms with Gasteiger partial charge in [-0.25, -0.2) is 9.97 Å². The molecule has 6 nitrogen and oxygen atoms in total. The topological polar surface area (TPSA) is 79.8 Å². The number of carbonyl (C=O) groups excluding carboxylic acids is 1. The van der Waals surface area contributed by atoms with Crippen molar-refractivity contribution < 1.29 is 4.79 Å². The van der Waals surface area contributed by atoms with Crippen LogP contribution in [0, 0.1) is 6.92 Å². The Balaban J connectivity index is 1.74. The molecule has 0 radical (unpaired) electrons. The van der Waals surface area contributed by atoms with Crippen LogP contribution in [-0.4, -0.2) is 27.9 Å². The third-order valence-corrected chi connectivity index (χ3v) is 4.43.